The van der Waals surface area contributed by atoms with Gasteiger partial charge in [0, 0.05) is 5.56 Å². The van der Waals surface area contributed by atoms with Crippen molar-refractivity contribution >= 4 is 22.6 Å². The smallest absolute Gasteiger partial charge is 0.423 e. The van der Waals surface area contributed by atoms with E-state index in [0.29, 0.717) is 10.4 Å². The van der Waals surface area contributed by atoms with Crippen molar-refractivity contribution in [2.45, 2.75) is 25.7 Å². The van der Waals surface area contributed by atoms with Crippen LogP contribution in [0.1, 0.15) is 29.8 Å². The number of rotatable bonds is 3. The highest BCUT2D eigenvalue weighted by Gasteiger charge is 2.51. The molecule has 2 heterocycles. The first-order valence-corrected chi connectivity index (χ1v) is 8.84. The third-order valence-electron chi connectivity index (χ3n) is 4.71. The van der Waals surface area contributed by atoms with Gasteiger partial charge in [0.05, 0.1) is 29.4 Å². The number of benzene rings is 2. The van der Waals surface area contributed by atoms with Crippen molar-refractivity contribution in [1.29, 1.82) is 5.26 Å². The summed E-state index contributed by atoms with van der Waals surface area (Å²) >= 11 is 0. The Balaban J connectivity index is 1.87. The molecule has 0 fully saturated rings. The predicted molar refractivity (Wildman–Crippen MR) is 101 cm³/mol. The van der Waals surface area contributed by atoms with Crippen LogP contribution >= 0.6 is 0 Å². The summed E-state index contributed by atoms with van der Waals surface area (Å²) in [6, 6.07) is 10.8. The summed E-state index contributed by atoms with van der Waals surface area (Å²) in [4.78, 5) is 32.2. The zero-order valence-electron chi connectivity index (χ0n) is 15.5. The summed E-state index contributed by atoms with van der Waals surface area (Å²) in [6.07, 6.45) is -5.33. The number of H-pyrrole nitrogens is 1. The summed E-state index contributed by atoms with van der Waals surface area (Å²) in [5, 5.41) is 19.1. The second-order valence-corrected chi connectivity index (χ2v) is 6.71. The van der Waals surface area contributed by atoms with Crippen LogP contribution in [0.15, 0.2) is 41.2 Å². The van der Waals surface area contributed by atoms with Crippen molar-refractivity contribution in [1.82, 2.24) is 9.97 Å². The summed E-state index contributed by atoms with van der Waals surface area (Å²) in [5.41, 5.74) is -0.215. The minimum Gasteiger partial charge on any atom is -0.423 e. The lowest BCUT2D eigenvalue weighted by Crippen LogP contribution is -2.51. The number of nitrogens with one attached hydrogen (secondary N) is 1. The standard InChI is InChI=1S/C20H14F2N4O4/c1-10(27)12-5-3-7-15-17(12)30-20(21,22)19(29)26(15)9-14-18(28)25-13-6-2-4-11(8-23)16(13)24-14/h2-7,10,27H,9H2,1H3,(H,25,28)/t10-/m0/s1. The summed E-state index contributed by atoms with van der Waals surface area (Å²) in [7, 11) is 0. The van der Waals surface area contributed by atoms with Gasteiger partial charge in [-0.1, -0.05) is 18.2 Å². The van der Waals surface area contributed by atoms with E-state index in [-0.39, 0.29) is 33.8 Å². The maximum absolute atomic E-state index is 14.3. The number of nitriles is 1. The number of para-hydroxylation sites is 2. The zero-order valence-corrected chi connectivity index (χ0v) is 15.5. The number of aromatic nitrogens is 2. The lowest BCUT2D eigenvalue weighted by atomic mass is 10.1. The Morgan fingerprint density at radius 1 is 1.30 bits per heavy atom. The van der Waals surface area contributed by atoms with E-state index >= 15 is 0 Å². The quantitative estimate of drug-likeness (QED) is 0.682. The van der Waals surface area contributed by atoms with E-state index < -0.39 is 30.2 Å². The van der Waals surface area contributed by atoms with Gasteiger partial charge in [-0.15, -0.1) is 0 Å². The van der Waals surface area contributed by atoms with Crippen LogP contribution in [-0.2, 0) is 11.3 Å². The van der Waals surface area contributed by atoms with Crippen LogP contribution in [0.5, 0.6) is 5.75 Å². The van der Waals surface area contributed by atoms with Gasteiger partial charge in [-0.2, -0.15) is 14.0 Å². The van der Waals surface area contributed by atoms with Gasteiger partial charge in [-0.3, -0.25) is 14.5 Å². The predicted octanol–water partition coefficient (Wildman–Crippen LogP) is 2.37. The van der Waals surface area contributed by atoms with Crippen LogP contribution in [0.25, 0.3) is 11.0 Å². The van der Waals surface area contributed by atoms with Gasteiger partial charge < -0.3 is 14.8 Å². The van der Waals surface area contributed by atoms with Crippen molar-refractivity contribution < 1.29 is 23.4 Å². The van der Waals surface area contributed by atoms with Crippen molar-refractivity contribution in [3.05, 3.63) is 63.6 Å². The number of anilines is 1. The molecule has 1 amide bonds. The number of carbonyl (C=O) groups is 1. The van der Waals surface area contributed by atoms with Gasteiger partial charge in [0.15, 0.2) is 5.75 Å². The van der Waals surface area contributed by atoms with Gasteiger partial charge in [0.1, 0.15) is 17.3 Å². The summed E-state index contributed by atoms with van der Waals surface area (Å²) < 4.78 is 33.2. The molecule has 0 saturated carbocycles. The van der Waals surface area contributed by atoms with Crippen LogP contribution in [0.2, 0.25) is 0 Å². The number of aromatic amines is 1. The van der Waals surface area contributed by atoms with Crippen LogP contribution < -0.4 is 15.2 Å². The molecule has 1 aliphatic rings. The van der Waals surface area contributed by atoms with E-state index in [9.17, 15) is 28.7 Å². The molecular formula is C20H14F2N4O4. The van der Waals surface area contributed by atoms with Crippen molar-refractivity contribution in [2.24, 2.45) is 0 Å². The molecule has 0 radical (unpaired) electrons. The molecule has 152 valence electrons. The summed E-state index contributed by atoms with van der Waals surface area (Å²) in [6.45, 7) is 0.788. The van der Waals surface area contributed by atoms with E-state index in [0.717, 1.165) is 0 Å². The number of alkyl halides is 2. The van der Waals surface area contributed by atoms with Gasteiger partial charge >= 0.3 is 12.0 Å². The molecule has 0 unspecified atom stereocenters. The van der Waals surface area contributed by atoms with E-state index in [2.05, 4.69) is 14.7 Å². The molecule has 1 atom stereocenters. The molecular weight excluding hydrogens is 398 g/mol. The van der Waals surface area contributed by atoms with Crippen molar-refractivity contribution in [3.63, 3.8) is 0 Å². The number of ether oxygens (including phenoxy) is 1. The number of carbonyl (C=O) groups excluding carboxylic acids is 1. The number of amides is 1. The minimum atomic E-state index is -4.20. The number of fused-ring (bicyclic) bond motifs is 2. The van der Waals surface area contributed by atoms with Crippen molar-refractivity contribution in [3.8, 4) is 11.8 Å². The van der Waals surface area contributed by atoms with Crippen molar-refractivity contribution in [2.75, 3.05) is 4.90 Å². The minimum absolute atomic E-state index is 0.0285. The number of aliphatic hydroxyl groups excluding tert-OH is 1. The SMILES string of the molecule is C[C@H](O)c1cccc2c1OC(F)(F)C(=O)N2Cc1nc2c(C#N)cccc2[nH]c1=O. The Morgan fingerprint density at radius 3 is 2.73 bits per heavy atom. The molecule has 4 rings (SSSR count). The Hall–Kier alpha value is -3.84. The number of halogens is 2. The van der Waals surface area contributed by atoms with E-state index in [1.54, 1.807) is 12.1 Å². The number of nitrogens with zero attached hydrogens (tertiary/aromatic N) is 3. The Kier molecular flexibility index (Phi) is 4.47. The number of hydrogen-bond donors (Lipinski definition) is 2. The molecule has 1 aliphatic heterocycles. The molecule has 0 saturated heterocycles. The second-order valence-electron chi connectivity index (χ2n) is 6.71. The maximum Gasteiger partial charge on any atom is 0.483 e. The molecule has 1 aromatic heterocycles. The first-order valence-electron chi connectivity index (χ1n) is 8.84. The molecule has 8 nitrogen and oxygen atoms in total. The number of aliphatic hydroxyl groups is 1. The summed E-state index contributed by atoms with van der Waals surface area (Å²) in [5.74, 6) is -2.03. The lowest BCUT2D eigenvalue weighted by Gasteiger charge is -2.34. The topological polar surface area (TPSA) is 119 Å². The molecule has 0 spiro atoms. The molecule has 2 aromatic carbocycles. The fourth-order valence-corrected chi connectivity index (χ4v) is 3.28. The van der Waals surface area contributed by atoms with E-state index in [1.807, 2.05) is 6.07 Å². The number of hydrogen-bond acceptors (Lipinski definition) is 6. The Morgan fingerprint density at radius 2 is 2.03 bits per heavy atom. The molecule has 30 heavy (non-hydrogen) atoms. The Bertz CT molecular complexity index is 1280. The van der Waals surface area contributed by atoms with Crippen LogP contribution in [0.4, 0.5) is 14.5 Å². The second kappa shape index (κ2) is 6.89. The highest BCUT2D eigenvalue weighted by Crippen LogP contribution is 2.43. The average molecular weight is 412 g/mol. The van der Waals surface area contributed by atoms with E-state index in [1.165, 1.54) is 31.2 Å². The van der Waals surface area contributed by atoms with E-state index in [4.69, 9.17) is 0 Å². The van der Waals surface area contributed by atoms with Crippen LogP contribution in [-0.4, -0.2) is 27.1 Å². The van der Waals surface area contributed by atoms with Gasteiger partial charge in [-0.25, -0.2) is 4.98 Å². The lowest BCUT2D eigenvalue weighted by molar-refractivity contribution is -0.193. The first kappa shape index (κ1) is 19.5. The largest absolute Gasteiger partial charge is 0.483 e. The first-order chi connectivity index (χ1) is 14.2. The molecule has 2 N–H and O–H groups in total. The molecule has 3 aromatic rings. The maximum atomic E-state index is 14.3. The zero-order chi connectivity index (χ0) is 21.6. The van der Waals surface area contributed by atoms with Crippen LogP contribution in [0, 0.1) is 11.3 Å². The van der Waals surface area contributed by atoms with Gasteiger partial charge in [-0.05, 0) is 25.1 Å². The Labute approximate surface area is 168 Å². The molecule has 10 heteroatoms. The fraction of sp³-hybridized carbons (Fsp3) is 0.200. The van der Waals surface area contributed by atoms with Gasteiger partial charge in [0.25, 0.3) is 5.56 Å². The molecule has 0 aliphatic carbocycles. The highest BCUT2D eigenvalue weighted by molar-refractivity contribution is 6.01. The van der Waals surface area contributed by atoms with Crippen LogP contribution in [0.3, 0.4) is 0 Å². The normalized spacial score (nSPS) is 16.0. The third-order valence-corrected chi connectivity index (χ3v) is 4.71. The monoisotopic (exact) mass is 412 g/mol. The molecule has 0 bridgehead atoms. The van der Waals surface area contributed by atoms with Gasteiger partial charge in [0.2, 0.25) is 0 Å². The average Bonchev–Trinajstić information content (AvgIpc) is 2.70. The highest BCUT2D eigenvalue weighted by atomic mass is 19.3. The fourth-order valence-electron chi connectivity index (χ4n) is 3.28. The third kappa shape index (κ3) is 3.05.